The Labute approximate surface area is 85.8 Å². The van der Waals surface area contributed by atoms with Crippen molar-refractivity contribution in [1.29, 1.82) is 0 Å². The van der Waals surface area contributed by atoms with Gasteiger partial charge >= 0.3 is 6.09 Å². The molecule has 0 bridgehead atoms. The van der Waals surface area contributed by atoms with Crippen LogP contribution in [-0.2, 0) is 4.84 Å². The molecule has 1 heterocycles. The van der Waals surface area contributed by atoms with E-state index in [0.717, 1.165) is 16.5 Å². The molecule has 6 heteroatoms. The van der Waals surface area contributed by atoms with Gasteiger partial charge in [-0.3, -0.25) is 4.84 Å². The van der Waals surface area contributed by atoms with E-state index in [0.29, 0.717) is 5.25 Å². The number of carbonyl (C=O) groups excluding carboxylic acids is 1. The van der Waals surface area contributed by atoms with Crippen LogP contribution < -0.4 is 5.32 Å². The van der Waals surface area contributed by atoms with Crippen molar-refractivity contribution in [1.82, 2.24) is 5.32 Å². The van der Waals surface area contributed by atoms with Gasteiger partial charge in [0.2, 0.25) is 0 Å². The van der Waals surface area contributed by atoms with Crippen LogP contribution in [0.1, 0.15) is 6.92 Å². The van der Waals surface area contributed by atoms with E-state index >= 15 is 0 Å². The van der Waals surface area contributed by atoms with Crippen molar-refractivity contribution in [3.63, 3.8) is 0 Å². The van der Waals surface area contributed by atoms with Crippen molar-refractivity contribution < 1.29 is 9.63 Å². The summed E-state index contributed by atoms with van der Waals surface area (Å²) in [5, 5.41) is 7.34. The standard InChI is InChI=1S/C7H12N2O2S2/c1-5-6(13-4-3-12-5)9-11-7(10)8-2/h5H,3-4H2,1-2H3,(H,8,10)/b9-6+. The maximum atomic E-state index is 10.7. The van der Waals surface area contributed by atoms with E-state index in [9.17, 15) is 4.79 Å². The molecule has 1 fully saturated rings. The van der Waals surface area contributed by atoms with E-state index < -0.39 is 6.09 Å². The molecule has 0 aromatic carbocycles. The summed E-state index contributed by atoms with van der Waals surface area (Å²) < 4.78 is 0. The lowest BCUT2D eigenvalue weighted by Gasteiger charge is -2.17. The first-order valence-corrected chi connectivity index (χ1v) is 5.98. The van der Waals surface area contributed by atoms with Gasteiger partial charge in [0.25, 0.3) is 0 Å². The molecule has 0 saturated carbocycles. The zero-order valence-electron chi connectivity index (χ0n) is 7.57. The number of nitrogens with zero attached hydrogens (tertiary/aromatic N) is 1. The number of hydrogen-bond donors (Lipinski definition) is 1. The van der Waals surface area contributed by atoms with Crippen LogP contribution in [0.3, 0.4) is 0 Å². The molecule has 1 amide bonds. The Morgan fingerprint density at radius 3 is 3.08 bits per heavy atom. The van der Waals surface area contributed by atoms with Crippen molar-refractivity contribution in [2.45, 2.75) is 12.2 Å². The molecule has 1 unspecified atom stereocenters. The van der Waals surface area contributed by atoms with E-state index in [1.165, 1.54) is 7.05 Å². The third kappa shape index (κ3) is 3.48. The van der Waals surface area contributed by atoms with Crippen LogP contribution in [-0.4, -0.2) is 34.9 Å². The maximum Gasteiger partial charge on any atom is 0.433 e. The number of oxime groups is 1. The fourth-order valence-corrected chi connectivity index (χ4v) is 2.99. The Kier molecular flexibility index (Phi) is 4.44. The Balaban J connectivity index is 2.43. The Morgan fingerprint density at radius 2 is 2.46 bits per heavy atom. The molecule has 0 aliphatic carbocycles. The molecule has 1 rings (SSSR count). The fourth-order valence-electron chi connectivity index (χ4n) is 0.792. The molecule has 74 valence electrons. The van der Waals surface area contributed by atoms with Gasteiger partial charge in [0.05, 0.1) is 5.25 Å². The summed E-state index contributed by atoms with van der Waals surface area (Å²) >= 11 is 3.47. The first-order chi connectivity index (χ1) is 6.24. The number of hydrogen-bond acceptors (Lipinski definition) is 5. The number of thioether (sulfide) groups is 2. The topological polar surface area (TPSA) is 50.7 Å². The highest BCUT2D eigenvalue weighted by atomic mass is 32.2. The molecule has 0 aromatic rings. The highest BCUT2D eigenvalue weighted by Crippen LogP contribution is 2.26. The largest absolute Gasteiger partial charge is 0.433 e. The van der Waals surface area contributed by atoms with Crippen LogP contribution in [0.4, 0.5) is 4.79 Å². The second-order valence-electron chi connectivity index (χ2n) is 2.42. The Hall–Kier alpha value is -0.360. The molecule has 1 atom stereocenters. The molecular formula is C7H12N2O2S2. The summed E-state index contributed by atoms with van der Waals surface area (Å²) in [6, 6.07) is 0. The first kappa shape index (κ1) is 10.7. The van der Waals surface area contributed by atoms with Crippen molar-refractivity contribution in [2.75, 3.05) is 18.6 Å². The summed E-state index contributed by atoms with van der Waals surface area (Å²) in [7, 11) is 1.51. The smallest absolute Gasteiger partial charge is 0.323 e. The quantitative estimate of drug-likeness (QED) is 0.538. The van der Waals surface area contributed by atoms with Crippen LogP contribution in [0.5, 0.6) is 0 Å². The summed E-state index contributed by atoms with van der Waals surface area (Å²) in [6.07, 6.45) is -0.518. The molecule has 13 heavy (non-hydrogen) atoms. The monoisotopic (exact) mass is 220 g/mol. The fraction of sp³-hybridized carbons (Fsp3) is 0.714. The molecule has 1 aliphatic rings. The minimum Gasteiger partial charge on any atom is -0.323 e. The van der Waals surface area contributed by atoms with Gasteiger partial charge in [-0.05, 0) is 6.92 Å². The summed E-state index contributed by atoms with van der Waals surface area (Å²) in [4.78, 5) is 15.3. The van der Waals surface area contributed by atoms with Gasteiger partial charge in [-0.2, -0.15) is 11.8 Å². The molecule has 1 saturated heterocycles. The van der Waals surface area contributed by atoms with Gasteiger partial charge in [0.15, 0.2) is 0 Å². The molecular weight excluding hydrogens is 208 g/mol. The van der Waals surface area contributed by atoms with Crippen LogP contribution in [0.2, 0.25) is 0 Å². The third-order valence-electron chi connectivity index (χ3n) is 1.47. The normalized spacial score (nSPS) is 25.7. The Bertz CT molecular complexity index is 221. The van der Waals surface area contributed by atoms with Gasteiger partial charge in [-0.1, -0.05) is 5.16 Å². The maximum absolute atomic E-state index is 10.7. The zero-order chi connectivity index (χ0) is 9.68. The lowest BCUT2D eigenvalue weighted by molar-refractivity contribution is 0.153. The second kappa shape index (κ2) is 5.39. The van der Waals surface area contributed by atoms with Gasteiger partial charge in [0.1, 0.15) is 5.04 Å². The van der Waals surface area contributed by atoms with E-state index in [1.54, 1.807) is 11.8 Å². The lowest BCUT2D eigenvalue weighted by Crippen LogP contribution is -2.21. The molecule has 0 radical (unpaired) electrons. The summed E-state index contributed by atoms with van der Waals surface area (Å²) in [5.74, 6) is 2.16. The highest BCUT2D eigenvalue weighted by molar-refractivity contribution is 8.18. The van der Waals surface area contributed by atoms with Gasteiger partial charge < -0.3 is 5.32 Å². The molecule has 1 aliphatic heterocycles. The van der Waals surface area contributed by atoms with Crippen LogP contribution in [0.15, 0.2) is 5.16 Å². The predicted molar refractivity (Wildman–Crippen MR) is 57.4 cm³/mol. The lowest BCUT2D eigenvalue weighted by atomic mass is 10.5. The van der Waals surface area contributed by atoms with Crippen molar-refractivity contribution in [2.24, 2.45) is 5.16 Å². The SMILES string of the molecule is CNC(=O)O/N=C1/SCCSC1C. The van der Waals surface area contributed by atoms with E-state index in [-0.39, 0.29) is 0 Å². The number of rotatable bonds is 1. The van der Waals surface area contributed by atoms with E-state index in [1.807, 2.05) is 11.8 Å². The predicted octanol–water partition coefficient (Wildman–Crippen LogP) is 1.52. The van der Waals surface area contributed by atoms with Crippen molar-refractivity contribution in [3.8, 4) is 0 Å². The van der Waals surface area contributed by atoms with Gasteiger partial charge in [-0.15, -0.1) is 11.8 Å². The second-order valence-corrected chi connectivity index (χ2v) is 4.98. The minimum atomic E-state index is -0.518. The van der Waals surface area contributed by atoms with Crippen LogP contribution >= 0.6 is 23.5 Å². The average molecular weight is 220 g/mol. The van der Waals surface area contributed by atoms with E-state index in [2.05, 4.69) is 22.2 Å². The number of carbonyl (C=O) groups is 1. The van der Waals surface area contributed by atoms with Gasteiger partial charge in [0, 0.05) is 18.6 Å². The van der Waals surface area contributed by atoms with Crippen molar-refractivity contribution >= 4 is 34.7 Å². The summed E-state index contributed by atoms with van der Waals surface area (Å²) in [5.41, 5.74) is 0. The molecule has 0 aromatic heterocycles. The third-order valence-corrected chi connectivity index (χ3v) is 4.17. The minimum absolute atomic E-state index is 0.336. The molecule has 0 spiro atoms. The number of nitrogens with one attached hydrogen (secondary N) is 1. The molecule has 4 nitrogen and oxygen atoms in total. The summed E-state index contributed by atoms with van der Waals surface area (Å²) in [6.45, 7) is 2.06. The van der Waals surface area contributed by atoms with Gasteiger partial charge in [-0.25, -0.2) is 4.79 Å². The van der Waals surface area contributed by atoms with Crippen LogP contribution in [0, 0.1) is 0 Å². The average Bonchev–Trinajstić information content (AvgIpc) is 2.16. The van der Waals surface area contributed by atoms with Crippen LogP contribution in [0.25, 0.3) is 0 Å². The highest BCUT2D eigenvalue weighted by Gasteiger charge is 2.18. The first-order valence-electron chi connectivity index (χ1n) is 3.95. The van der Waals surface area contributed by atoms with E-state index in [4.69, 9.17) is 0 Å². The zero-order valence-corrected chi connectivity index (χ0v) is 9.20. The number of amides is 1. The van der Waals surface area contributed by atoms with Crippen molar-refractivity contribution in [3.05, 3.63) is 0 Å². The Morgan fingerprint density at radius 1 is 1.69 bits per heavy atom. The molecule has 1 N–H and O–H groups in total.